The Morgan fingerprint density at radius 3 is 2.31 bits per heavy atom. The molecule has 0 aromatic heterocycles. The van der Waals surface area contributed by atoms with E-state index in [-0.39, 0.29) is 6.04 Å². The van der Waals surface area contributed by atoms with Crippen molar-refractivity contribution in [1.29, 1.82) is 0 Å². The first kappa shape index (κ1) is 21.6. The van der Waals surface area contributed by atoms with E-state index in [2.05, 4.69) is 26.1 Å². The third kappa shape index (κ3) is 5.55. The molecule has 1 saturated heterocycles. The van der Waals surface area contributed by atoms with Crippen molar-refractivity contribution in [2.24, 2.45) is 0 Å². The summed E-state index contributed by atoms with van der Waals surface area (Å²) in [4.78, 5) is 2.39. The second kappa shape index (κ2) is 10.1. The average Bonchev–Trinajstić information content (AvgIpc) is 2.74. The topological polar surface area (TPSA) is 18.5 Å². The van der Waals surface area contributed by atoms with Gasteiger partial charge in [0.25, 0.3) is 0 Å². The predicted octanol–water partition coefficient (Wildman–Crippen LogP) is 7.00. The van der Waals surface area contributed by atoms with Crippen LogP contribution >= 0.6 is 46.9 Å². The first-order chi connectivity index (χ1) is 14.1. The molecular formula is C22H26Cl3N3S. The largest absolute Gasteiger partial charge is 0.361 e. The molecule has 1 unspecified atom stereocenters. The van der Waals surface area contributed by atoms with Crippen LogP contribution in [0.15, 0.2) is 42.5 Å². The Balaban J connectivity index is 1.51. The number of hydrogen-bond acceptors (Lipinski definition) is 4. The summed E-state index contributed by atoms with van der Waals surface area (Å²) in [7, 11) is 0. The van der Waals surface area contributed by atoms with Crippen LogP contribution in [0.4, 0.5) is 5.69 Å². The van der Waals surface area contributed by atoms with Crippen LogP contribution in [0, 0.1) is 0 Å². The van der Waals surface area contributed by atoms with E-state index in [0.29, 0.717) is 16.1 Å². The van der Waals surface area contributed by atoms with Crippen molar-refractivity contribution in [3.8, 4) is 0 Å². The van der Waals surface area contributed by atoms with E-state index in [1.807, 2.05) is 30.3 Å². The lowest BCUT2D eigenvalue weighted by Crippen LogP contribution is -2.47. The fourth-order valence-electron chi connectivity index (χ4n) is 4.18. The van der Waals surface area contributed by atoms with E-state index in [9.17, 15) is 0 Å². The monoisotopic (exact) mass is 469 g/mol. The van der Waals surface area contributed by atoms with Gasteiger partial charge in [0, 0.05) is 47.9 Å². The fraction of sp³-hybridized carbons (Fsp3) is 0.455. The molecule has 2 aromatic rings. The van der Waals surface area contributed by atoms with Crippen molar-refractivity contribution < 1.29 is 0 Å². The molecule has 29 heavy (non-hydrogen) atoms. The molecule has 1 atom stereocenters. The van der Waals surface area contributed by atoms with Gasteiger partial charge in [-0.05, 0) is 48.7 Å². The van der Waals surface area contributed by atoms with Gasteiger partial charge in [0.1, 0.15) is 0 Å². The molecule has 0 amide bonds. The van der Waals surface area contributed by atoms with Gasteiger partial charge in [0.2, 0.25) is 0 Å². The van der Waals surface area contributed by atoms with Crippen molar-refractivity contribution in [2.75, 3.05) is 24.5 Å². The molecule has 1 saturated carbocycles. The molecule has 2 fully saturated rings. The molecule has 2 aliphatic rings. The molecular weight excluding hydrogens is 445 g/mol. The minimum Gasteiger partial charge on any atom is -0.361 e. The van der Waals surface area contributed by atoms with Crippen molar-refractivity contribution in [3.05, 3.63) is 63.1 Å². The molecule has 2 aromatic carbocycles. The number of anilines is 1. The lowest BCUT2D eigenvalue weighted by atomic mass is 9.96. The zero-order valence-corrected chi connectivity index (χ0v) is 19.4. The minimum atomic E-state index is 0.195. The van der Waals surface area contributed by atoms with Crippen LogP contribution < -0.4 is 9.62 Å². The summed E-state index contributed by atoms with van der Waals surface area (Å²) in [5.74, 6) is 0. The number of halogens is 3. The molecule has 0 spiro atoms. The Kier molecular flexibility index (Phi) is 7.54. The number of hydrogen-bond donors (Lipinski definition) is 1. The SMILES string of the molecule is Clc1ccc(C2CN(SNC3CCCCC3)CCN2c2ccc(Cl)cc2Cl)cc1. The van der Waals surface area contributed by atoms with Crippen molar-refractivity contribution in [1.82, 2.24) is 9.03 Å². The summed E-state index contributed by atoms with van der Waals surface area (Å²) in [6.45, 7) is 2.77. The van der Waals surface area contributed by atoms with Gasteiger partial charge in [-0.25, -0.2) is 9.03 Å². The number of nitrogens with zero attached hydrogens (tertiary/aromatic N) is 2. The fourth-order valence-corrected chi connectivity index (χ4v) is 5.75. The maximum absolute atomic E-state index is 6.56. The first-order valence-corrected chi connectivity index (χ1v) is 12.2. The third-order valence-electron chi connectivity index (χ3n) is 5.77. The maximum Gasteiger partial charge on any atom is 0.0680 e. The van der Waals surface area contributed by atoms with Gasteiger partial charge < -0.3 is 4.90 Å². The Morgan fingerprint density at radius 1 is 0.862 bits per heavy atom. The maximum atomic E-state index is 6.56. The molecule has 0 bridgehead atoms. The zero-order valence-electron chi connectivity index (χ0n) is 16.3. The molecule has 0 radical (unpaired) electrons. The molecule has 156 valence electrons. The predicted molar refractivity (Wildman–Crippen MR) is 127 cm³/mol. The van der Waals surface area contributed by atoms with Gasteiger partial charge in [-0.1, -0.05) is 66.2 Å². The average molecular weight is 471 g/mol. The lowest BCUT2D eigenvalue weighted by molar-refractivity contribution is 0.357. The molecule has 1 aliphatic carbocycles. The van der Waals surface area contributed by atoms with Gasteiger partial charge in [-0.2, -0.15) is 0 Å². The Labute approximate surface area is 192 Å². The Morgan fingerprint density at radius 2 is 1.59 bits per heavy atom. The van der Waals surface area contributed by atoms with E-state index in [1.165, 1.54) is 37.7 Å². The Bertz CT molecular complexity index is 811. The number of benzene rings is 2. The van der Waals surface area contributed by atoms with E-state index in [1.54, 1.807) is 12.1 Å². The highest BCUT2D eigenvalue weighted by Gasteiger charge is 2.30. The molecule has 1 N–H and O–H groups in total. The smallest absolute Gasteiger partial charge is 0.0680 e. The second-order valence-corrected chi connectivity index (χ2v) is 10.0. The van der Waals surface area contributed by atoms with Crippen molar-refractivity contribution >= 4 is 52.6 Å². The van der Waals surface area contributed by atoms with E-state index >= 15 is 0 Å². The Hall–Kier alpha value is -0.620. The highest BCUT2D eigenvalue weighted by atomic mass is 35.5. The standard InChI is InChI=1S/C22H26Cl3N3S/c23-17-8-6-16(7-9-17)22-15-27(29-26-19-4-2-1-3-5-19)12-13-28(22)21-11-10-18(24)14-20(21)25/h6-11,14,19,22,26H,1-5,12-13,15H2. The molecule has 7 heteroatoms. The summed E-state index contributed by atoms with van der Waals surface area (Å²) >= 11 is 20.6. The van der Waals surface area contributed by atoms with E-state index in [4.69, 9.17) is 34.8 Å². The number of piperazine rings is 1. The molecule has 4 rings (SSSR count). The highest BCUT2D eigenvalue weighted by molar-refractivity contribution is 7.95. The summed E-state index contributed by atoms with van der Waals surface area (Å²) in [6.07, 6.45) is 6.63. The molecule has 1 aliphatic heterocycles. The van der Waals surface area contributed by atoms with E-state index in [0.717, 1.165) is 30.3 Å². The van der Waals surface area contributed by atoms with Gasteiger partial charge in [-0.15, -0.1) is 0 Å². The first-order valence-electron chi connectivity index (χ1n) is 10.2. The van der Waals surface area contributed by atoms with Crippen molar-refractivity contribution in [2.45, 2.75) is 44.2 Å². The third-order valence-corrected chi connectivity index (χ3v) is 7.59. The van der Waals surface area contributed by atoms with Crippen LogP contribution in [-0.4, -0.2) is 30.0 Å². The van der Waals surface area contributed by atoms with Gasteiger partial charge in [0.05, 0.1) is 16.8 Å². The molecule has 3 nitrogen and oxygen atoms in total. The number of rotatable bonds is 5. The lowest BCUT2D eigenvalue weighted by Gasteiger charge is -2.43. The molecule has 1 heterocycles. The van der Waals surface area contributed by atoms with Gasteiger partial charge >= 0.3 is 0 Å². The summed E-state index contributed by atoms with van der Waals surface area (Å²) < 4.78 is 6.14. The van der Waals surface area contributed by atoms with Crippen LogP contribution in [0.1, 0.15) is 43.7 Å². The van der Waals surface area contributed by atoms with E-state index < -0.39 is 0 Å². The van der Waals surface area contributed by atoms with Gasteiger partial charge in [-0.3, -0.25) is 0 Å². The van der Waals surface area contributed by atoms with Crippen LogP contribution in [0.2, 0.25) is 15.1 Å². The van der Waals surface area contributed by atoms with Crippen LogP contribution in [0.3, 0.4) is 0 Å². The zero-order chi connectivity index (χ0) is 20.2. The quantitative estimate of drug-likeness (QED) is 0.474. The number of nitrogens with one attached hydrogen (secondary N) is 1. The van der Waals surface area contributed by atoms with Crippen LogP contribution in [-0.2, 0) is 0 Å². The summed E-state index contributed by atoms with van der Waals surface area (Å²) in [5, 5.41) is 2.11. The van der Waals surface area contributed by atoms with Gasteiger partial charge in [0.15, 0.2) is 0 Å². The summed E-state index contributed by atoms with van der Waals surface area (Å²) in [6, 6.07) is 14.7. The van der Waals surface area contributed by atoms with Crippen LogP contribution in [0.5, 0.6) is 0 Å². The normalized spacial score (nSPS) is 21.5. The highest BCUT2D eigenvalue weighted by Crippen LogP contribution is 2.38. The minimum absolute atomic E-state index is 0.195. The summed E-state index contributed by atoms with van der Waals surface area (Å²) in [5.41, 5.74) is 2.27. The second-order valence-electron chi connectivity index (χ2n) is 7.79. The van der Waals surface area contributed by atoms with Crippen molar-refractivity contribution in [3.63, 3.8) is 0 Å². The van der Waals surface area contributed by atoms with Crippen LogP contribution in [0.25, 0.3) is 0 Å².